The number of para-hydroxylation sites is 1. The van der Waals surface area contributed by atoms with Gasteiger partial charge in [-0.2, -0.15) is 0 Å². The molecule has 5 aromatic carbocycles. The van der Waals surface area contributed by atoms with Crippen molar-refractivity contribution in [2.24, 2.45) is 0 Å². The van der Waals surface area contributed by atoms with Gasteiger partial charge in [-0.3, -0.25) is 0 Å². The Kier molecular flexibility index (Phi) is 9.00. The zero-order valence-corrected chi connectivity index (χ0v) is 28.0. The van der Waals surface area contributed by atoms with Crippen LogP contribution < -0.4 is 4.72 Å². The van der Waals surface area contributed by atoms with Gasteiger partial charge in [-0.1, -0.05) is 12.1 Å². The number of imidazole rings is 2. The third kappa shape index (κ3) is 6.37. The summed E-state index contributed by atoms with van der Waals surface area (Å²) in [6, 6.07) is 43.9. The van der Waals surface area contributed by atoms with Crippen molar-refractivity contribution in [3.8, 4) is 11.4 Å². The van der Waals surface area contributed by atoms with Crippen LogP contribution in [0.25, 0.3) is 33.5 Å². The molecule has 0 saturated carbocycles. The van der Waals surface area contributed by atoms with Crippen molar-refractivity contribution in [3.63, 3.8) is 0 Å². The number of nitrogens with zero attached hydrogens (tertiary/aromatic N) is 4. The number of fused-ring (bicyclic) bond motifs is 2. The van der Waals surface area contributed by atoms with Crippen molar-refractivity contribution >= 4 is 48.8 Å². The van der Waals surface area contributed by atoms with Crippen molar-refractivity contribution in [3.05, 3.63) is 150 Å². The van der Waals surface area contributed by atoms with E-state index >= 15 is 0 Å². The quantitative estimate of drug-likeness (QED) is 0.105. The molecule has 1 radical (unpaired) electrons. The molecule has 0 saturated heterocycles. The van der Waals surface area contributed by atoms with Crippen LogP contribution in [0.3, 0.4) is 0 Å². The predicted molar refractivity (Wildman–Crippen MR) is 189 cm³/mol. The second kappa shape index (κ2) is 13.8. The summed E-state index contributed by atoms with van der Waals surface area (Å²) >= 11 is 3.20. The van der Waals surface area contributed by atoms with Crippen molar-refractivity contribution in [1.29, 1.82) is 0 Å². The van der Waals surface area contributed by atoms with E-state index in [2.05, 4.69) is 134 Å². The molecular weight excluding hydrogens is 647 g/mol. The molecule has 7 rings (SSSR count). The number of hydrogen-bond acceptors (Lipinski definition) is 4. The van der Waals surface area contributed by atoms with Crippen molar-refractivity contribution in [2.75, 3.05) is 7.11 Å². The van der Waals surface area contributed by atoms with E-state index in [0.717, 1.165) is 70.5 Å². The fourth-order valence-electron chi connectivity index (χ4n) is 6.60. The number of rotatable bonds is 11. The van der Waals surface area contributed by atoms with Gasteiger partial charge >= 0.3 is 272 Å². The van der Waals surface area contributed by atoms with E-state index in [4.69, 9.17) is 14.7 Å². The van der Waals surface area contributed by atoms with Gasteiger partial charge in [0.05, 0.1) is 0 Å². The second-order valence-corrected chi connectivity index (χ2v) is 12.5. The topological polar surface area (TPSA) is 61.9 Å². The van der Waals surface area contributed by atoms with E-state index in [-0.39, 0.29) is 11.9 Å². The average Bonchev–Trinajstić information content (AvgIpc) is 3.65. The molecule has 233 valence electrons. The molecule has 2 aromatic heterocycles. The van der Waals surface area contributed by atoms with E-state index in [1.54, 1.807) is 0 Å². The summed E-state index contributed by atoms with van der Waals surface area (Å²) in [7, 11) is 1.41. The Hall–Kier alpha value is -4.97. The van der Waals surface area contributed by atoms with Crippen LogP contribution in [0.5, 0.6) is 0 Å². The number of aryl methyl sites for hydroxylation is 3. The molecule has 0 N–H and O–H groups in total. The summed E-state index contributed by atoms with van der Waals surface area (Å²) in [5.74, 6) is 0.686. The van der Waals surface area contributed by atoms with Crippen LogP contribution in [-0.2, 0) is 24.2 Å². The van der Waals surface area contributed by atoms with E-state index in [1.807, 2.05) is 18.2 Å². The first-order chi connectivity index (χ1) is 23.1. The fourth-order valence-corrected chi connectivity index (χ4v) is 7.19. The van der Waals surface area contributed by atoms with Gasteiger partial charge in [-0.05, 0) is 0 Å². The molecule has 2 heterocycles. The van der Waals surface area contributed by atoms with Gasteiger partial charge < -0.3 is 0 Å². The first-order valence-corrected chi connectivity index (χ1v) is 16.9. The van der Waals surface area contributed by atoms with E-state index < -0.39 is 0 Å². The number of carbonyl (C=O) groups excluding carboxylic acids is 1. The van der Waals surface area contributed by atoms with Crippen molar-refractivity contribution < 1.29 is 9.53 Å². The van der Waals surface area contributed by atoms with Gasteiger partial charge in [0.25, 0.3) is 0 Å². The molecular formula is C40H35N4O2Se. The maximum atomic E-state index is 12.5. The number of aromatic nitrogens is 4. The molecule has 7 heteroatoms. The Morgan fingerprint density at radius 3 is 2.11 bits per heavy atom. The molecule has 0 aliphatic carbocycles. The van der Waals surface area contributed by atoms with E-state index in [9.17, 15) is 4.79 Å². The van der Waals surface area contributed by atoms with Crippen molar-refractivity contribution in [2.45, 2.75) is 38.3 Å². The van der Waals surface area contributed by atoms with Gasteiger partial charge in [0.1, 0.15) is 0 Å². The third-order valence-electron chi connectivity index (χ3n) is 8.88. The number of esters is 1. The third-order valence-corrected chi connectivity index (χ3v) is 9.53. The summed E-state index contributed by atoms with van der Waals surface area (Å²) in [6.45, 7) is 1.54. The Labute approximate surface area is 282 Å². The zero-order chi connectivity index (χ0) is 32.2. The zero-order valence-electron chi connectivity index (χ0n) is 26.3. The van der Waals surface area contributed by atoms with Crippen LogP contribution in [0.2, 0.25) is 0 Å². The van der Waals surface area contributed by atoms with Gasteiger partial charge in [-0.25, -0.2) is 0 Å². The van der Waals surface area contributed by atoms with Gasteiger partial charge in [-0.15, -0.1) is 0 Å². The fraction of sp³-hybridized carbons (Fsp3) is 0.175. The molecule has 0 amide bonds. The van der Waals surface area contributed by atoms with Gasteiger partial charge in [0, 0.05) is 0 Å². The number of ether oxygens (including phenoxy) is 1. The monoisotopic (exact) mass is 683 g/mol. The van der Waals surface area contributed by atoms with Crippen molar-refractivity contribution in [1.82, 2.24) is 19.1 Å². The van der Waals surface area contributed by atoms with Crippen LogP contribution in [-0.4, -0.2) is 48.2 Å². The molecule has 0 aliphatic rings. The summed E-state index contributed by atoms with van der Waals surface area (Å²) in [5.41, 5.74) is 9.11. The molecule has 7 aromatic rings. The minimum atomic E-state index is -0.374. The Bertz CT molecular complexity index is 2100. The average molecular weight is 683 g/mol. The molecule has 0 atom stereocenters. The second-order valence-electron chi connectivity index (χ2n) is 11.8. The summed E-state index contributed by atoms with van der Waals surface area (Å²) < 4.78 is 10.5. The maximum absolute atomic E-state index is 12.5. The van der Waals surface area contributed by atoms with Crippen LogP contribution in [0, 0.1) is 0 Å². The Morgan fingerprint density at radius 2 is 1.43 bits per heavy atom. The molecule has 0 aliphatic heterocycles. The Balaban J connectivity index is 1.32. The van der Waals surface area contributed by atoms with Crippen LogP contribution in [0.1, 0.15) is 45.8 Å². The summed E-state index contributed by atoms with van der Waals surface area (Å²) in [6.07, 6.45) is 2.83. The number of hydrogen-bond donors (Lipinski definition) is 0. The minimum absolute atomic E-state index is 0.202. The Morgan fingerprint density at radius 1 is 0.745 bits per heavy atom. The standard InChI is InChI=1S/C40H35N4O2Se/c1-46-39(45)31-22-23-36-35(27-31)41-38(43(36)26-24-32(29-16-7-3-8-17-29)30-18-9-4-10-19-30)33-20-11-21-34-37(33)44(40(47)42-34)25-12-15-28-13-5-2-6-14-28/h2-11,13-14,16-23,27,32H,12,15,24-26H2,1H3. The first kappa shape index (κ1) is 30.7. The number of carbonyl (C=O) groups is 1. The van der Waals surface area contributed by atoms with Gasteiger partial charge in [0.2, 0.25) is 0 Å². The SMILES string of the molecule is COC(=O)c1ccc2c(c1)nc(-c1cccc3nc([Se])n(CCCc4ccccc4)c13)n2CCC(c1ccccc1)c1ccccc1. The number of methoxy groups -OCH3 is 1. The van der Waals surface area contributed by atoms with Crippen LogP contribution in [0.15, 0.2) is 127 Å². The molecule has 47 heavy (non-hydrogen) atoms. The number of benzene rings is 5. The van der Waals surface area contributed by atoms with E-state index in [1.165, 1.54) is 23.8 Å². The first-order valence-electron chi connectivity index (χ1n) is 16.0. The molecule has 0 unspecified atom stereocenters. The molecule has 0 spiro atoms. The molecule has 0 bridgehead atoms. The summed E-state index contributed by atoms with van der Waals surface area (Å²) in [4.78, 5) is 22.6. The predicted octanol–water partition coefficient (Wildman–Crippen LogP) is 7.49. The summed E-state index contributed by atoms with van der Waals surface area (Å²) in [5, 5.41) is 0. The molecule has 0 fully saturated rings. The van der Waals surface area contributed by atoms with E-state index in [0.29, 0.717) is 5.56 Å². The van der Waals surface area contributed by atoms with Crippen LogP contribution in [0.4, 0.5) is 0 Å². The normalized spacial score (nSPS) is 11.4. The van der Waals surface area contributed by atoms with Gasteiger partial charge in [0.15, 0.2) is 0 Å². The van der Waals surface area contributed by atoms with Crippen LogP contribution >= 0.6 is 0 Å². The molecule has 6 nitrogen and oxygen atoms in total.